The summed E-state index contributed by atoms with van der Waals surface area (Å²) in [5.41, 5.74) is 1.48. The molecule has 0 heterocycles. The summed E-state index contributed by atoms with van der Waals surface area (Å²) >= 11 is 7.86. The molecule has 0 radical (unpaired) electrons. The van der Waals surface area contributed by atoms with E-state index in [9.17, 15) is 0 Å². The van der Waals surface area contributed by atoms with Crippen LogP contribution in [-0.2, 0) is 0 Å². The molecule has 0 bridgehead atoms. The lowest BCUT2D eigenvalue weighted by atomic mass is 10.1. The smallest absolute Gasteiger partial charge is 0.103 e. The van der Waals surface area contributed by atoms with Crippen LogP contribution in [0.2, 0.25) is 5.02 Å². The first kappa shape index (κ1) is 14.2. The van der Waals surface area contributed by atoms with E-state index in [1.165, 1.54) is 0 Å². The van der Waals surface area contributed by atoms with Crippen molar-refractivity contribution in [3.63, 3.8) is 0 Å². The molecule has 1 unspecified atom stereocenters. The van der Waals surface area contributed by atoms with Crippen molar-refractivity contribution < 1.29 is 0 Å². The Bertz CT molecular complexity index is 414. The van der Waals surface area contributed by atoms with Crippen molar-refractivity contribution in [2.75, 3.05) is 24.0 Å². The van der Waals surface area contributed by atoms with Crippen LogP contribution in [0.4, 0.5) is 5.69 Å². The molecule has 0 saturated heterocycles. The molecule has 0 aromatic heterocycles. The van der Waals surface area contributed by atoms with Gasteiger partial charge in [-0.2, -0.15) is 17.0 Å². The van der Waals surface area contributed by atoms with E-state index in [4.69, 9.17) is 16.9 Å². The molecule has 1 aromatic carbocycles. The summed E-state index contributed by atoms with van der Waals surface area (Å²) < 4.78 is 0. The molecule has 1 rings (SSSR count). The van der Waals surface area contributed by atoms with Gasteiger partial charge in [0.1, 0.15) is 6.07 Å². The third kappa shape index (κ3) is 3.31. The summed E-state index contributed by atoms with van der Waals surface area (Å²) in [4.78, 5) is 2.15. The van der Waals surface area contributed by atoms with Gasteiger partial charge in [0.15, 0.2) is 0 Å². The van der Waals surface area contributed by atoms with Crippen molar-refractivity contribution in [2.45, 2.75) is 19.4 Å². The lowest BCUT2D eigenvalue weighted by molar-refractivity contribution is 0.673. The van der Waals surface area contributed by atoms with Crippen LogP contribution in [0.15, 0.2) is 18.2 Å². The van der Waals surface area contributed by atoms with Crippen LogP contribution in [0, 0.1) is 11.3 Å². The zero-order valence-corrected chi connectivity index (χ0v) is 12.0. The molecule has 0 aliphatic heterocycles. The van der Waals surface area contributed by atoms with Gasteiger partial charge in [0.25, 0.3) is 0 Å². The Morgan fingerprint density at radius 1 is 1.53 bits per heavy atom. The standard InChI is InChI=1S/C13H17ClN2S/c1-4-10(9-17-3)16(2)13-7-5-6-12(14)11(13)8-15/h5-7,10H,4,9H2,1-3H3. The Balaban J connectivity index is 3.07. The number of nitrogens with zero attached hydrogens (tertiary/aromatic N) is 2. The molecule has 0 N–H and O–H groups in total. The predicted molar refractivity (Wildman–Crippen MR) is 77.0 cm³/mol. The first-order chi connectivity index (χ1) is 8.15. The SMILES string of the molecule is CCC(CSC)N(C)c1cccc(Cl)c1C#N. The summed E-state index contributed by atoms with van der Waals surface area (Å²) in [7, 11) is 2.02. The van der Waals surface area contributed by atoms with Crippen molar-refractivity contribution in [3.8, 4) is 6.07 Å². The van der Waals surface area contributed by atoms with Crippen LogP contribution in [0.1, 0.15) is 18.9 Å². The second kappa shape index (κ2) is 6.78. The topological polar surface area (TPSA) is 27.0 Å². The van der Waals surface area contributed by atoms with Crippen molar-refractivity contribution in [1.29, 1.82) is 5.26 Å². The second-order valence-corrected chi connectivity index (χ2v) is 5.19. The van der Waals surface area contributed by atoms with Crippen LogP contribution < -0.4 is 4.90 Å². The molecule has 17 heavy (non-hydrogen) atoms. The van der Waals surface area contributed by atoms with Gasteiger partial charge >= 0.3 is 0 Å². The van der Waals surface area contributed by atoms with Gasteiger partial charge in [-0.15, -0.1) is 0 Å². The third-order valence-corrected chi connectivity index (χ3v) is 3.89. The number of hydrogen-bond acceptors (Lipinski definition) is 3. The van der Waals surface area contributed by atoms with Crippen LogP contribution in [-0.4, -0.2) is 25.1 Å². The minimum absolute atomic E-state index is 0.426. The molecular formula is C13H17ClN2S. The highest BCUT2D eigenvalue weighted by Gasteiger charge is 2.17. The van der Waals surface area contributed by atoms with Gasteiger partial charge in [-0.05, 0) is 24.8 Å². The molecule has 2 nitrogen and oxygen atoms in total. The number of rotatable bonds is 5. The summed E-state index contributed by atoms with van der Waals surface area (Å²) in [5, 5.41) is 9.69. The lowest BCUT2D eigenvalue weighted by Crippen LogP contribution is -2.33. The molecule has 0 spiro atoms. The molecule has 0 aliphatic carbocycles. The maximum absolute atomic E-state index is 9.17. The van der Waals surface area contributed by atoms with Gasteiger partial charge in [0.05, 0.1) is 16.3 Å². The van der Waals surface area contributed by atoms with E-state index >= 15 is 0 Å². The second-order valence-electron chi connectivity index (χ2n) is 3.87. The van der Waals surface area contributed by atoms with Gasteiger partial charge in [-0.25, -0.2) is 0 Å². The summed E-state index contributed by atoms with van der Waals surface area (Å²) in [6, 6.07) is 8.21. The predicted octanol–water partition coefficient (Wildman–Crippen LogP) is 3.79. The summed E-state index contributed by atoms with van der Waals surface area (Å²) in [6.45, 7) is 2.16. The Labute approximate surface area is 113 Å². The van der Waals surface area contributed by atoms with Gasteiger partial charge in [0.2, 0.25) is 0 Å². The number of thioether (sulfide) groups is 1. The van der Waals surface area contributed by atoms with Gasteiger partial charge in [0, 0.05) is 18.8 Å². The molecule has 0 saturated carbocycles. The average Bonchev–Trinajstić information content (AvgIpc) is 2.34. The minimum atomic E-state index is 0.426. The quantitative estimate of drug-likeness (QED) is 0.813. The highest BCUT2D eigenvalue weighted by Crippen LogP contribution is 2.28. The van der Waals surface area contributed by atoms with Gasteiger partial charge in [-0.3, -0.25) is 0 Å². The van der Waals surface area contributed by atoms with E-state index in [1.807, 2.05) is 30.9 Å². The van der Waals surface area contributed by atoms with E-state index in [0.717, 1.165) is 17.9 Å². The number of nitriles is 1. The minimum Gasteiger partial charge on any atom is -0.370 e. The van der Waals surface area contributed by atoms with Gasteiger partial charge < -0.3 is 4.90 Å². The Morgan fingerprint density at radius 2 is 2.24 bits per heavy atom. The Kier molecular flexibility index (Phi) is 5.67. The first-order valence-corrected chi connectivity index (χ1v) is 7.33. The zero-order chi connectivity index (χ0) is 12.8. The molecule has 1 atom stereocenters. The average molecular weight is 269 g/mol. The molecule has 0 fully saturated rings. The van der Waals surface area contributed by atoms with E-state index in [1.54, 1.807) is 6.07 Å². The third-order valence-electron chi connectivity index (χ3n) is 2.86. The maximum Gasteiger partial charge on any atom is 0.103 e. The normalized spacial score (nSPS) is 11.9. The monoisotopic (exact) mass is 268 g/mol. The maximum atomic E-state index is 9.17. The van der Waals surface area contributed by atoms with E-state index in [-0.39, 0.29) is 0 Å². The molecule has 4 heteroatoms. The fourth-order valence-electron chi connectivity index (χ4n) is 1.81. The largest absolute Gasteiger partial charge is 0.370 e. The number of benzene rings is 1. The van der Waals surface area contributed by atoms with Crippen LogP contribution in [0.25, 0.3) is 0 Å². The summed E-state index contributed by atoms with van der Waals surface area (Å²) in [6.07, 6.45) is 3.15. The van der Waals surface area contributed by atoms with Crippen LogP contribution in [0.3, 0.4) is 0 Å². The number of hydrogen-bond donors (Lipinski definition) is 0. The fraction of sp³-hybridized carbons (Fsp3) is 0.462. The molecule has 0 amide bonds. The molecular weight excluding hydrogens is 252 g/mol. The number of halogens is 1. The van der Waals surface area contributed by atoms with E-state index in [0.29, 0.717) is 16.6 Å². The van der Waals surface area contributed by atoms with E-state index in [2.05, 4.69) is 24.1 Å². The number of anilines is 1. The van der Waals surface area contributed by atoms with Gasteiger partial charge in [-0.1, -0.05) is 24.6 Å². The lowest BCUT2D eigenvalue weighted by Gasteiger charge is -2.29. The highest BCUT2D eigenvalue weighted by molar-refractivity contribution is 7.98. The summed E-state index contributed by atoms with van der Waals surface area (Å²) in [5.74, 6) is 1.05. The highest BCUT2D eigenvalue weighted by atomic mass is 35.5. The Hall–Kier alpha value is -0.850. The first-order valence-electron chi connectivity index (χ1n) is 5.56. The van der Waals surface area contributed by atoms with Crippen molar-refractivity contribution in [2.24, 2.45) is 0 Å². The van der Waals surface area contributed by atoms with Crippen molar-refractivity contribution >= 4 is 29.1 Å². The molecule has 1 aromatic rings. The van der Waals surface area contributed by atoms with Crippen LogP contribution >= 0.6 is 23.4 Å². The van der Waals surface area contributed by atoms with E-state index < -0.39 is 0 Å². The van der Waals surface area contributed by atoms with Crippen LogP contribution in [0.5, 0.6) is 0 Å². The molecule has 0 aliphatic rings. The fourth-order valence-corrected chi connectivity index (χ4v) is 2.87. The zero-order valence-electron chi connectivity index (χ0n) is 10.4. The Morgan fingerprint density at radius 3 is 2.76 bits per heavy atom. The van der Waals surface area contributed by atoms with Crippen molar-refractivity contribution in [1.82, 2.24) is 0 Å². The molecule has 92 valence electrons. The van der Waals surface area contributed by atoms with Crippen molar-refractivity contribution in [3.05, 3.63) is 28.8 Å².